The highest BCUT2D eigenvalue weighted by Crippen LogP contribution is 2.34. The lowest BCUT2D eigenvalue weighted by molar-refractivity contribution is 0.399. The Hall–Kier alpha value is -1.02. The highest BCUT2D eigenvalue weighted by Gasteiger charge is 2.24. The Labute approximate surface area is 111 Å². The van der Waals surface area contributed by atoms with E-state index in [2.05, 4.69) is 37.4 Å². The van der Waals surface area contributed by atoms with Crippen LogP contribution in [-0.2, 0) is 6.54 Å². The van der Waals surface area contributed by atoms with Crippen molar-refractivity contribution in [1.29, 1.82) is 0 Å². The molecule has 1 aromatic carbocycles. The third-order valence-corrected chi connectivity index (χ3v) is 3.82. The van der Waals surface area contributed by atoms with Gasteiger partial charge in [-0.25, -0.2) is 0 Å². The van der Waals surface area contributed by atoms with Gasteiger partial charge in [-0.15, -0.1) is 0 Å². The summed E-state index contributed by atoms with van der Waals surface area (Å²) in [6.45, 7) is 5.31. The average molecular weight is 247 g/mol. The summed E-state index contributed by atoms with van der Waals surface area (Å²) in [5.74, 6) is 1.98. The highest BCUT2D eigenvalue weighted by molar-refractivity contribution is 5.36. The molecule has 1 atom stereocenters. The lowest BCUT2D eigenvalue weighted by Gasteiger charge is -2.18. The summed E-state index contributed by atoms with van der Waals surface area (Å²) in [4.78, 5) is 0. The van der Waals surface area contributed by atoms with E-state index in [9.17, 15) is 0 Å². The van der Waals surface area contributed by atoms with Crippen LogP contribution in [0.5, 0.6) is 5.75 Å². The molecule has 0 amide bonds. The number of rotatable bonds is 7. The van der Waals surface area contributed by atoms with Gasteiger partial charge in [0.05, 0.1) is 7.11 Å². The molecule has 0 spiro atoms. The zero-order valence-electron chi connectivity index (χ0n) is 11.8. The Morgan fingerprint density at radius 1 is 1.39 bits per heavy atom. The maximum Gasteiger partial charge on any atom is 0.123 e. The summed E-state index contributed by atoms with van der Waals surface area (Å²) in [6.07, 6.45) is 5.42. The molecule has 1 unspecified atom stereocenters. The lowest BCUT2D eigenvalue weighted by Crippen LogP contribution is -2.28. The predicted molar refractivity (Wildman–Crippen MR) is 76.0 cm³/mol. The van der Waals surface area contributed by atoms with E-state index in [0.717, 1.165) is 18.2 Å². The topological polar surface area (TPSA) is 21.3 Å². The summed E-state index contributed by atoms with van der Waals surface area (Å²) in [5.41, 5.74) is 2.56. The van der Waals surface area contributed by atoms with Gasteiger partial charge >= 0.3 is 0 Å². The van der Waals surface area contributed by atoms with Crippen molar-refractivity contribution in [1.82, 2.24) is 5.32 Å². The van der Waals surface area contributed by atoms with E-state index in [1.807, 2.05) is 0 Å². The summed E-state index contributed by atoms with van der Waals surface area (Å²) < 4.78 is 5.42. The third-order valence-electron chi connectivity index (χ3n) is 3.82. The molecule has 100 valence electrons. The standard InChI is InChI=1S/C16H25NO/c1-4-15(10-13-6-7-13)17-11-14-9-12(2)5-8-16(14)18-3/h5,8-9,13,15,17H,4,6-7,10-11H2,1-3H3. The van der Waals surface area contributed by atoms with Crippen molar-refractivity contribution in [2.45, 2.75) is 52.1 Å². The maximum atomic E-state index is 5.42. The first-order valence-electron chi connectivity index (χ1n) is 7.09. The van der Waals surface area contributed by atoms with Crippen LogP contribution >= 0.6 is 0 Å². The van der Waals surface area contributed by atoms with Crippen LogP contribution in [0.1, 0.15) is 43.7 Å². The lowest BCUT2D eigenvalue weighted by atomic mass is 10.1. The van der Waals surface area contributed by atoms with Crippen molar-refractivity contribution in [3.8, 4) is 5.75 Å². The first kappa shape index (κ1) is 13.4. The number of aryl methyl sites for hydroxylation is 1. The van der Waals surface area contributed by atoms with Crippen LogP contribution in [0.3, 0.4) is 0 Å². The molecular weight excluding hydrogens is 222 g/mol. The molecule has 1 N–H and O–H groups in total. The monoisotopic (exact) mass is 247 g/mol. The summed E-state index contributed by atoms with van der Waals surface area (Å²) in [7, 11) is 1.75. The van der Waals surface area contributed by atoms with Gasteiger partial charge in [0.15, 0.2) is 0 Å². The molecule has 1 fully saturated rings. The Morgan fingerprint density at radius 3 is 2.78 bits per heavy atom. The minimum Gasteiger partial charge on any atom is -0.496 e. The van der Waals surface area contributed by atoms with E-state index in [0.29, 0.717) is 6.04 Å². The van der Waals surface area contributed by atoms with E-state index >= 15 is 0 Å². The zero-order valence-corrected chi connectivity index (χ0v) is 11.8. The molecule has 1 aliphatic rings. The molecule has 2 nitrogen and oxygen atoms in total. The van der Waals surface area contributed by atoms with Crippen molar-refractivity contribution < 1.29 is 4.74 Å². The van der Waals surface area contributed by atoms with Gasteiger partial charge < -0.3 is 10.1 Å². The van der Waals surface area contributed by atoms with Crippen molar-refractivity contribution in [2.24, 2.45) is 5.92 Å². The second-order valence-corrected chi connectivity index (χ2v) is 5.48. The van der Waals surface area contributed by atoms with Gasteiger partial charge in [-0.2, -0.15) is 0 Å². The Morgan fingerprint density at radius 2 is 2.17 bits per heavy atom. The molecule has 2 heteroatoms. The smallest absolute Gasteiger partial charge is 0.123 e. The van der Waals surface area contributed by atoms with Gasteiger partial charge in [-0.1, -0.05) is 37.5 Å². The summed E-state index contributed by atoms with van der Waals surface area (Å²) in [5, 5.41) is 3.68. The first-order valence-corrected chi connectivity index (χ1v) is 7.09. The van der Waals surface area contributed by atoms with Crippen molar-refractivity contribution in [2.75, 3.05) is 7.11 Å². The third kappa shape index (κ3) is 3.74. The molecule has 0 radical (unpaired) electrons. The molecule has 1 aromatic rings. The van der Waals surface area contributed by atoms with Crippen LogP contribution < -0.4 is 10.1 Å². The van der Waals surface area contributed by atoms with E-state index < -0.39 is 0 Å². The molecule has 2 rings (SSSR count). The van der Waals surface area contributed by atoms with E-state index in [1.165, 1.54) is 36.8 Å². The largest absolute Gasteiger partial charge is 0.496 e. The molecule has 0 aliphatic heterocycles. The number of nitrogens with one attached hydrogen (secondary N) is 1. The van der Waals surface area contributed by atoms with Gasteiger partial charge in [-0.05, 0) is 31.7 Å². The molecule has 1 aliphatic carbocycles. The van der Waals surface area contributed by atoms with Crippen molar-refractivity contribution >= 4 is 0 Å². The number of ether oxygens (including phenoxy) is 1. The van der Waals surface area contributed by atoms with Crippen LogP contribution in [0, 0.1) is 12.8 Å². The Kier molecular flexibility index (Phi) is 4.65. The van der Waals surface area contributed by atoms with Crippen molar-refractivity contribution in [3.63, 3.8) is 0 Å². The summed E-state index contributed by atoms with van der Waals surface area (Å²) in [6, 6.07) is 7.04. The fourth-order valence-corrected chi connectivity index (χ4v) is 2.45. The second kappa shape index (κ2) is 6.24. The zero-order chi connectivity index (χ0) is 13.0. The minimum atomic E-state index is 0.655. The Balaban J connectivity index is 1.92. The number of methoxy groups -OCH3 is 1. The van der Waals surface area contributed by atoms with Gasteiger partial charge in [0, 0.05) is 18.2 Å². The first-order chi connectivity index (χ1) is 8.72. The highest BCUT2D eigenvalue weighted by atomic mass is 16.5. The molecular formula is C16H25NO. The fraction of sp³-hybridized carbons (Fsp3) is 0.625. The number of hydrogen-bond donors (Lipinski definition) is 1. The number of benzene rings is 1. The quantitative estimate of drug-likeness (QED) is 0.793. The van der Waals surface area contributed by atoms with Crippen LogP contribution in [0.2, 0.25) is 0 Å². The molecule has 0 saturated heterocycles. The molecule has 18 heavy (non-hydrogen) atoms. The fourth-order valence-electron chi connectivity index (χ4n) is 2.45. The van der Waals surface area contributed by atoms with Gasteiger partial charge in [-0.3, -0.25) is 0 Å². The normalized spacial score (nSPS) is 16.6. The molecule has 1 saturated carbocycles. The van der Waals surface area contributed by atoms with Crippen LogP contribution in [0.15, 0.2) is 18.2 Å². The molecule has 0 bridgehead atoms. The van der Waals surface area contributed by atoms with E-state index in [4.69, 9.17) is 4.74 Å². The minimum absolute atomic E-state index is 0.655. The average Bonchev–Trinajstić information content (AvgIpc) is 3.18. The number of hydrogen-bond acceptors (Lipinski definition) is 2. The SMILES string of the molecule is CCC(CC1CC1)NCc1cc(C)ccc1OC. The molecule has 0 aromatic heterocycles. The van der Waals surface area contributed by atoms with Gasteiger partial charge in [0.25, 0.3) is 0 Å². The maximum absolute atomic E-state index is 5.42. The van der Waals surface area contributed by atoms with Crippen LogP contribution in [0.4, 0.5) is 0 Å². The van der Waals surface area contributed by atoms with E-state index in [-0.39, 0.29) is 0 Å². The molecule has 0 heterocycles. The van der Waals surface area contributed by atoms with E-state index in [1.54, 1.807) is 7.11 Å². The second-order valence-electron chi connectivity index (χ2n) is 5.48. The van der Waals surface area contributed by atoms with Gasteiger partial charge in [0.1, 0.15) is 5.75 Å². The summed E-state index contributed by atoms with van der Waals surface area (Å²) >= 11 is 0. The van der Waals surface area contributed by atoms with Crippen molar-refractivity contribution in [3.05, 3.63) is 29.3 Å². The van der Waals surface area contributed by atoms with Crippen LogP contribution in [0.25, 0.3) is 0 Å². The predicted octanol–water partition coefficient (Wildman–Crippen LogP) is 3.67. The van der Waals surface area contributed by atoms with Gasteiger partial charge in [0.2, 0.25) is 0 Å². The Bertz CT molecular complexity index is 385. The van der Waals surface area contributed by atoms with Crippen LogP contribution in [-0.4, -0.2) is 13.2 Å².